The van der Waals surface area contributed by atoms with E-state index < -0.39 is 29.6 Å². The summed E-state index contributed by atoms with van der Waals surface area (Å²) in [5.74, 6) is -2.11. The number of hydrogen-bond donors (Lipinski definition) is 4. The van der Waals surface area contributed by atoms with E-state index in [2.05, 4.69) is 10.3 Å². The van der Waals surface area contributed by atoms with Crippen LogP contribution in [0, 0.1) is 0 Å². The summed E-state index contributed by atoms with van der Waals surface area (Å²) >= 11 is 0. The van der Waals surface area contributed by atoms with E-state index in [9.17, 15) is 19.5 Å². The van der Waals surface area contributed by atoms with Crippen LogP contribution in [0.3, 0.4) is 0 Å². The summed E-state index contributed by atoms with van der Waals surface area (Å²) in [6.07, 6.45) is 0. The third kappa shape index (κ3) is 3.42. The Hall–Kier alpha value is -2.15. The second-order valence-electron chi connectivity index (χ2n) is 3.69. The summed E-state index contributed by atoms with van der Waals surface area (Å²) in [5.41, 5.74) is -2.49. The molecule has 1 rings (SSSR count). The van der Waals surface area contributed by atoms with Gasteiger partial charge in [-0.1, -0.05) is 6.07 Å². The predicted molar refractivity (Wildman–Crippen MR) is 57.7 cm³/mol. The van der Waals surface area contributed by atoms with Crippen LogP contribution in [0.15, 0.2) is 23.0 Å². The van der Waals surface area contributed by atoms with Crippen LogP contribution in [0.4, 0.5) is 0 Å². The zero-order valence-corrected chi connectivity index (χ0v) is 9.06. The Bertz CT molecular complexity index is 491. The van der Waals surface area contributed by atoms with Crippen LogP contribution in [-0.4, -0.2) is 39.2 Å². The highest BCUT2D eigenvalue weighted by atomic mass is 16.4. The number of carboxylic acids is 1. The fourth-order valence-electron chi connectivity index (χ4n) is 1.00. The molecule has 1 amide bonds. The molecule has 0 aromatic carbocycles. The molecule has 4 N–H and O–H groups in total. The third-order valence-corrected chi connectivity index (χ3v) is 2.07. The maximum Gasteiger partial charge on any atom is 0.337 e. The zero-order valence-electron chi connectivity index (χ0n) is 9.06. The van der Waals surface area contributed by atoms with Crippen molar-refractivity contribution in [3.05, 3.63) is 34.2 Å². The van der Waals surface area contributed by atoms with E-state index in [0.29, 0.717) is 0 Å². The van der Waals surface area contributed by atoms with Gasteiger partial charge in [0.1, 0.15) is 5.69 Å². The highest BCUT2D eigenvalue weighted by Gasteiger charge is 2.30. The van der Waals surface area contributed by atoms with Crippen LogP contribution in [-0.2, 0) is 4.79 Å². The summed E-state index contributed by atoms with van der Waals surface area (Å²) in [4.78, 5) is 35.2. The monoisotopic (exact) mass is 240 g/mol. The molecule has 0 fully saturated rings. The molecule has 92 valence electrons. The molecule has 0 aliphatic carbocycles. The van der Waals surface area contributed by atoms with Crippen molar-refractivity contribution < 1.29 is 19.8 Å². The highest BCUT2D eigenvalue weighted by Crippen LogP contribution is 2.01. The van der Waals surface area contributed by atoms with Gasteiger partial charge in [-0.2, -0.15) is 0 Å². The number of rotatable bonds is 4. The largest absolute Gasteiger partial charge is 0.479 e. The van der Waals surface area contributed by atoms with Crippen molar-refractivity contribution in [3.8, 4) is 0 Å². The van der Waals surface area contributed by atoms with Gasteiger partial charge in [0.2, 0.25) is 5.56 Å². The summed E-state index contributed by atoms with van der Waals surface area (Å²) in [6.45, 7) is 0.599. The van der Waals surface area contributed by atoms with Gasteiger partial charge in [0.25, 0.3) is 5.91 Å². The molecular weight excluding hydrogens is 228 g/mol. The fourth-order valence-corrected chi connectivity index (χ4v) is 1.00. The van der Waals surface area contributed by atoms with Gasteiger partial charge in [-0.25, -0.2) is 4.79 Å². The van der Waals surface area contributed by atoms with Gasteiger partial charge in [-0.05, 0) is 13.0 Å². The molecule has 0 saturated carbocycles. The number of nitrogens with one attached hydrogen (secondary N) is 2. The molecule has 1 heterocycles. The third-order valence-electron chi connectivity index (χ3n) is 2.07. The average Bonchev–Trinajstić information content (AvgIpc) is 2.25. The van der Waals surface area contributed by atoms with Gasteiger partial charge in [-0.3, -0.25) is 9.59 Å². The van der Waals surface area contributed by atoms with Gasteiger partial charge in [-0.15, -0.1) is 0 Å². The Labute approximate surface area is 96.1 Å². The van der Waals surface area contributed by atoms with Gasteiger partial charge in [0.15, 0.2) is 5.60 Å². The first kappa shape index (κ1) is 12.9. The Morgan fingerprint density at radius 1 is 1.47 bits per heavy atom. The number of aliphatic carboxylic acids is 1. The van der Waals surface area contributed by atoms with E-state index in [1.165, 1.54) is 18.2 Å². The van der Waals surface area contributed by atoms with Crippen LogP contribution in [0.2, 0.25) is 0 Å². The summed E-state index contributed by atoms with van der Waals surface area (Å²) < 4.78 is 0. The first-order chi connectivity index (χ1) is 7.83. The summed E-state index contributed by atoms with van der Waals surface area (Å²) in [7, 11) is 0. The van der Waals surface area contributed by atoms with Crippen molar-refractivity contribution in [2.24, 2.45) is 0 Å². The van der Waals surface area contributed by atoms with E-state index in [1.807, 2.05) is 0 Å². The Morgan fingerprint density at radius 2 is 2.12 bits per heavy atom. The number of aromatic amines is 1. The lowest BCUT2D eigenvalue weighted by Gasteiger charge is -2.18. The molecule has 1 aromatic heterocycles. The first-order valence-corrected chi connectivity index (χ1v) is 4.76. The quantitative estimate of drug-likeness (QED) is 0.534. The number of pyridine rings is 1. The Kier molecular flexibility index (Phi) is 3.64. The van der Waals surface area contributed by atoms with Gasteiger partial charge in [0.05, 0.1) is 6.54 Å². The van der Waals surface area contributed by atoms with E-state index in [4.69, 9.17) is 5.11 Å². The number of hydrogen-bond acceptors (Lipinski definition) is 4. The fraction of sp³-hybridized carbons (Fsp3) is 0.300. The van der Waals surface area contributed by atoms with Crippen molar-refractivity contribution in [3.63, 3.8) is 0 Å². The lowest BCUT2D eigenvalue weighted by Crippen LogP contribution is -2.46. The normalized spacial score (nSPS) is 13.8. The van der Waals surface area contributed by atoms with Gasteiger partial charge >= 0.3 is 5.97 Å². The van der Waals surface area contributed by atoms with Crippen molar-refractivity contribution in [1.82, 2.24) is 10.3 Å². The number of aliphatic hydroxyl groups is 1. The smallest absolute Gasteiger partial charge is 0.337 e. The Morgan fingerprint density at radius 3 is 2.65 bits per heavy atom. The molecule has 1 aromatic rings. The van der Waals surface area contributed by atoms with Gasteiger partial charge in [0, 0.05) is 6.07 Å². The molecule has 0 spiro atoms. The Balaban J connectivity index is 2.69. The molecule has 0 radical (unpaired) electrons. The molecule has 7 nitrogen and oxygen atoms in total. The van der Waals surface area contributed by atoms with Crippen LogP contribution in [0.25, 0.3) is 0 Å². The number of H-pyrrole nitrogens is 1. The van der Waals surface area contributed by atoms with Crippen LogP contribution >= 0.6 is 0 Å². The standard InChI is InChI=1S/C10H12N2O5/c1-10(17,9(15)16)5-11-8(14)6-3-2-4-7(13)12-6/h2-4,17H,5H2,1H3,(H,11,14)(H,12,13)(H,15,16). The number of amides is 1. The van der Waals surface area contributed by atoms with E-state index in [1.54, 1.807) is 0 Å². The van der Waals surface area contributed by atoms with Crippen molar-refractivity contribution in [1.29, 1.82) is 0 Å². The zero-order chi connectivity index (χ0) is 13.1. The molecule has 0 saturated heterocycles. The van der Waals surface area contributed by atoms with E-state index in [-0.39, 0.29) is 5.69 Å². The second-order valence-corrected chi connectivity index (χ2v) is 3.69. The number of carboxylic acid groups (broad SMARTS) is 1. The maximum atomic E-state index is 11.5. The highest BCUT2D eigenvalue weighted by molar-refractivity contribution is 5.92. The molecule has 7 heteroatoms. The summed E-state index contributed by atoms with van der Waals surface area (Å²) in [5, 5.41) is 20.2. The molecule has 17 heavy (non-hydrogen) atoms. The minimum absolute atomic E-state index is 0.00121. The number of carbonyl (C=O) groups excluding carboxylic acids is 1. The molecule has 1 atom stereocenters. The topological polar surface area (TPSA) is 119 Å². The maximum absolute atomic E-state index is 11.5. The minimum Gasteiger partial charge on any atom is -0.479 e. The molecule has 1 unspecified atom stereocenters. The van der Waals surface area contributed by atoms with E-state index >= 15 is 0 Å². The van der Waals surface area contributed by atoms with Crippen LogP contribution < -0.4 is 10.9 Å². The van der Waals surface area contributed by atoms with Crippen LogP contribution in [0.1, 0.15) is 17.4 Å². The second kappa shape index (κ2) is 4.79. The minimum atomic E-state index is -2.05. The average molecular weight is 240 g/mol. The molecule has 0 bridgehead atoms. The van der Waals surface area contributed by atoms with Crippen molar-refractivity contribution >= 4 is 11.9 Å². The number of aromatic nitrogens is 1. The van der Waals surface area contributed by atoms with Crippen molar-refractivity contribution in [2.45, 2.75) is 12.5 Å². The number of carbonyl (C=O) groups is 2. The van der Waals surface area contributed by atoms with Gasteiger partial charge < -0.3 is 20.5 Å². The molecular formula is C10H12N2O5. The lowest BCUT2D eigenvalue weighted by atomic mass is 10.1. The SMILES string of the molecule is CC(O)(CNC(=O)c1cccc(=O)[nH]1)C(=O)O. The summed E-state index contributed by atoms with van der Waals surface area (Å²) in [6, 6.07) is 4.00. The van der Waals surface area contributed by atoms with Crippen molar-refractivity contribution in [2.75, 3.05) is 6.54 Å². The molecule has 0 aliphatic rings. The lowest BCUT2D eigenvalue weighted by molar-refractivity contribution is -0.155. The first-order valence-electron chi connectivity index (χ1n) is 4.76. The molecule has 0 aliphatic heterocycles. The van der Waals surface area contributed by atoms with Crippen LogP contribution in [0.5, 0.6) is 0 Å². The van der Waals surface area contributed by atoms with E-state index in [0.717, 1.165) is 6.92 Å². The predicted octanol–water partition coefficient (Wildman–Crippen LogP) is -1.06.